The number of aromatic nitrogens is 3. The predicted octanol–water partition coefficient (Wildman–Crippen LogP) is 2.22. The van der Waals surface area contributed by atoms with Gasteiger partial charge in [0.25, 0.3) is 0 Å². The maximum Gasteiger partial charge on any atom is 0.247 e. The van der Waals surface area contributed by atoms with Crippen molar-refractivity contribution in [1.29, 1.82) is 0 Å². The van der Waals surface area contributed by atoms with Crippen LogP contribution in [0.1, 0.15) is 44.9 Å². The molecule has 0 radical (unpaired) electrons. The molecular formula is C13H21N5. The summed E-state index contributed by atoms with van der Waals surface area (Å²) in [4.78, 5) is 6.81. The van der Waals surface area contributed by atoms with Crippen LogP contribution in [-0.4, -0.2) is 34.3 Å². The second-order valence-electron chi connectivity index (χ2n) is 5.32. The van der Waals surface area contributed by atoms with E-state index in [9.17, 15) is 0 Å². The molecule has 0 aromatic carbocycles. The first-order valence-corrected chi connectivity index (χ1v) is 7.13. The van der Waals surface area contributed by atoms with E-state index in [1.165, 1.54) is 44.9 Å². The summed E-state index contributed by atoms with van der Waals surface area (Å²) in [5.41, 5.74) is 0. The summed E-state index contributed by atoms with van der Waals surface area (Å²) in [6, 6.07) is 0.571. The van der Waals surface area contributed by atoms with Gasteiger partial charge in [-0.05, 0) is 25.7 Å². The van der Waals surface area contributed by atoms with E-state index >= 15 is 0 Å². The Kier molecular flexibility index (Phi) is 3.57. The minimum atomic E-state index is 0.571. The molecule has 1 aliphatic carbocycles. The normalized spacial score (nSPS) is 21.2. The molecule has 2 fully saturated rings. The molecule has 0 atom stereocenters. The van der Waals surface area contributed by atoms with Gasteiger partial charge in [0.2, 0.25) is 5.95 Å². The van der Waals surface area contributed by atoms with Gasteiger partial charge in [-0.15, -0.1) is 5.10 Å². The van der Waals surface area contributed by atoms with E-state index in [-0.39, 0.29) is 0 Å². The quantitative estimate of drug-likeness (QED) is 0.887. The average molecular weight is 247 g/mol. The molecule has 0 unspecified atom stereocenters. The molecule has 0 bridgehead atoms. The highest BCUT2D eigenvalue weighted by Crippen LogP contribution is 2.21. The van der Waals surface area contributed by atoms with E-state index < -0.39 is 0 Å². The maximum atomic E-state index is 4.59. The van der Waals surface area contributed by atoms with Crippen molar-refractivity contribution in [3.63, 3.8) is 0 Å². The number of nitrogens with one attached hydrogen (secondary N) is 1. The fourth-order valence-corrected chi connectivity index (χ4v) is 2.87. The Morgan fingerprint density at radius 2 is 1.83 bits per heavy atom. The van der Waals surface area contributed by atoms with Crippen LogP contribution in [0.5, 0.6) is 0 Å². The monoisotopic (exact) mass is 247 g/mol. The van der Waals surface area contributed by atoms with Crippen LogP contribution in [0, 0.1) is 0 Å². The third-order valence-corrected chi connectivity index (χ3v) is 3.89. The van der Waals surface area contributed by atoms with Crippen molar-refractivity contribution in [3.05, 3.63) is 6.20 Å². The molecule has 1 aromatic heterocycles. The van der Waals surface area contributed by atoms with E-state index in [0.717, 1.165) is 24.9 Å². The van der Waals surface area contributed by atoms with Gasteiger partial charge >= 0.3 is 0 Å². The summed E-state index contributed by atoms with van der Waals surface area (Å²) in [5.74, 6) is 1.67. The third kappa shape index (κ3) is 2.71. The van der Waals surface area contributed by atoms with Crippen molar-refractivity contribution in [3.8, 4) is 0 Å². The lowest BCUT2D eigenvalue weighted by atomic mass is 9.96. The van der Waals surface area contributed by atoms with Gasteiger partial charge in [0, 0.05) is 19.1 Å². The van der Waals surface area contributed by atoms with Crippen LogP contribution in [0.25, 0.3) is 0 Å². The molecule has 2 aliphatic rings. The lowest BCUT2D eigenvalue weighted by Gasteiger charge is -2.23. The minimum Gasteiger partial charge on any atom is -0.366 e. The van der Waals surface area contributed by atoms with Crippen molar-refractivity contribution < 1.29 is 0 Å². The first-order chi connectivity index (χ1) is 8.92. The van der Waals surface area contributed by atoms with Crippen molar-refractivity contribution in [1.82, 2.24) is 15.2 Å². The fraction of sp³-hybridized carbons (Fsp3) is 0.769. The summed E-state index contributed by atoms with van der Waals surface area (Å²) in [5, 5.41) is 11.7. The van der Waals surface area contributed by atoms with E-state index in [0.29, 0.717) is 6.04 Å². The molecular weight excluding hydrogens is 226 g/mol. The predicted molar refractivity (Wildman–Crippen MR) is 71.8 cm³/mol. The largest absolute Gasteiger partial charge is 0.366 e. The Balaban J connectivity index is 1.66. The van der Waals surface area contributed by atoms with E-state index in [1.807, 2.05) is 0 Å². The van der Waals surface area contributed by atoms with E-state index in [2.05, 4.69) is 25.4 Å². The summed E-state index contributed by atoms with van der Waals surface area (Å²) in [7, 11) is 0. The smallest absolute Gasteiger partial charge is 0.247 e. The maximum absolute atomic E-state index is 4.59. The Labute approximate surface area is 108 Å². The molecule has 98 valence electrons. The van der Waals surface area contributed by atoms with Crippen LogP contribution in [-0.2, 0) is 0 Å². The highest BCUT2D eigenvalue weighted by molar-refractivity contribution is 5.40. The average Bonchev–Trinajstić information content (AvgIpc) is 2.94. The molecule has 2 heterocycles. The lowest BCUT2D eigenvalue weighted by Crippen LogP contribution is -2.25. The molecule has 1 saturated carbocycles. The molecule has 5 heteroatoms. The zero-order valence-corrected chi connectivity index (χ0v) is 10.8. The minimum absolute atomic E-state index is 0.571. The molecule has 5 nitrogen and oxygen atoms in total. The Bertz CT molecular complexity index is 383. The van der Waals surface area contributed by atoms with Crippen LogP contribution >= 0.6 is 0 Å². The van der Waals surface area contributed by atoms with Crippen molar-refractivity contribution in [2.24, 2.45) is 0 Å². The summed E-state index contributed by atoms with van der Waals surface area (Å²) in [6.45, 7) is 2.13. The molecule has 18 heavy (non-hydrogen) atoms. The van der Waals surface area contributed by atoms with Crippen molar-refractivity contribution in [2.45, 2.75) is 51.0 Å². The molecule has 0 amide bonds. The Hall–Kier alpha value is -1.39. The van der Waals surface area contributed by atoms with Gasteiger partial charge in [0.1, 0.15) is 0 Å². The number of nitrogens with zero attached hydrogens (tertiary/aromatic N) is 4. The van der Waals surface area contributed by atoms with Gasteiger partial charge in [0.05, 0.1) is 6.20 Å². The standard InChI is InChI=1S/C13H21N5/c1-2-6-11(7-3-1)15-12-10-14-17-13(16-12)18-8-4-5-9-18/h10-11H,1-9H2,(H,15,16,17). The Morgan fingerprint density at radius 3 is 2.61 bits per heavy atom. The summed E-state index contributed by atoms with van der Waals surface area (Å²) < 4.78 is 0. The van der Waals surface area contributed by atoms with Crippen LogP contribution in [0.4, 0.5) is 11.8 Å². The van der Waals surface area contributed by atoms with Gasteiger partial charge < -0.3 is 10.2 Å². The van der Waals surface area contributed by atoms with E-state index in [1.54, 1.807) is 6.20 Å². The van der Waals surface area contributed by atoms with Crippen LogP contribution in [0.2, 0.25) is 0 Å². The zero-order valence-electron chi connectivity index (χ0n) is 10.8. The number of hydrogen-bond acceptors (Lipinski definition) is 5. The van der Waals surface area contributed by atoms with Gasteiger partial charge in [-0.3, -0.25) is 0 Å². The van der Waals surface area contributed by atoms with E-state index in [4.69, 9.17) is 0 Å². The highest BCUT2D eigenvalue weighted by atomic mass is 15.3. The topological polar surface area (TPSA) is 53.9 Å². The molecule has 1 aliphatic heterocycles. The summed E-state index contributed by atoms with van der Waals surface area (Å²) in [6.07, 6.45) is 10.8. The molecule has 3 rings (SSSR count). The first-order valence-electron chi connectivity index (χ1n) is 7.13. The second kappa shape index (κ2) is 5.50. The van der Waals surface area contributed by atoms with Gasteiger partial charge in [-0.25, -0.2) is 0 Å². The van der Waals surface area contributed by atoms with Gasteiger partial charge in [0.15, 0.2) is 5.82 Å². The molecule has 1 N–H and O–H groups in total. The van der Waals surface area contributed by atoms with Crippen molar-refractivity contribution in [2.75, 3.05) is 23.3 Å². The second-order valence-corrected chi connectivity index (χ2v) is 5.32. The van der Waals surface area contributed by atoms with Gasteiger partial charge in [-0.2, -0.15) is 10.1 Å². The fourth-order valence-electron chi connectivity index (χ4n) is 2.87. The number of hydrogen-bond donors (Lipinski definition) is 1. The molecule has 0 spiro atoms. The van der Waals surface area contributed by atoms with Crippen LogP contribution < -0.4 is 10.2 Å². The number of rotatable bonds is 3. The SMILES string of the molecule is c1nnc(N2CCCC2)nc1NC1CCCCC1. The third-order valence-electron chi connectivity index (χ3n) is 3.89. The molecule has 1 aromatic rings. The van der Waals surface area contributed by atoms with Gasteiger partial charge in [-0.1, -0.05) is 19.3 Å². The molecule has 1 saturated heterocycles. The first kappa shape index (κ1) is 11.7. The van der Waals surface area contributed by atoms with Crippen LogP contribution in [0.3, 0.4) is 0 Å². The Morgan fingerprint density at radius 1 is 1.06 bits per heavy atom. The van der Waals surface area contributed by atoms with Crippen LogP contribution in [0.15, 0.2) is 6.20 Å². The van der Waals surface area contributed by atoms with Crippen molar-refractivity contribution >= 4 is 11.8 Å². The lowest BCUT2D eigenvalue weighted by molar-refractivity contribution is 0.461. The number of anilines is 2. The zero-order chi connectivity index (χ0) is 12.2. The summed E-state index contributed by atoms with van der Waals surface area (Å²) >= 11 is 0. The highest BCUT2D eigenvalue weighted by Gasteiger charge is 2.17.